The van der Waals surface area contributed by atoms with Gasteiger partial charge in [-0.1, -0.05) is 0 Å². The lowest BCUT2D eigenvalue weighted by molar-refractivity contribution is 0.0996. The number of carbonyl (C=O) groups is 1. The summed E-state index contributed by atoms with van der Waals surface area (Å²) < 4.78 is 0. The summed E-state index contributed by atoms with van der Waals surface area (Å²) in [4.78, 5) is 17.9. The van der Waals surface area contributed by atoms with Gasteiger partial charge in [0.1, 0.15) is 11.3 Å². The molecule has 0 fully saturated rings. The molecule has 0 bridgehead atoms. The van der Waals surface area contributed by atoms with Gasteiger partial charge in [-0.3, -0.25) is 4.79 Å². The van der Waals surface area contributed by atoms with E-state index >= 15 is 0 Å². The number of hydrogen-bond donors (Lipinski definition) is 2. The Morgan fingerprint density at radius 3 is 3.00 bits per heavy atom. The zero-order chi connectivity index (χ0) is 9.42. The van der Waals surface area contributed by atoms with Crippen LogP contribution in [0.2, 0.25) is 0 Å². The molecule has 4 heteroatoms. The van der Waals surface area contributed by atoms with Crippen molar-refractivity contribution in [2.24, 2.45) is 5.73 Å². The van der Waals surface area contributed by atoms with E-state index in [2.05, 4.69) is 9.97 Å². The van der Waals surface area contributed by atoms with Gasteiger partial charge in [-0.05, 0) is 25.1 Å². The lowest BCUT2D eigenvalue weighted by atomic mass is 10.3. The number of hydrogen-bond acceptors (Lipinski definition) is 2. The quantitative estimate of drug-likeness (QED) is 0.677. The molecule has 0 aliphatic heterocycles. The number of nitrogens with two attached hydrogens (primary N) is 1. The second kappa shape index (κ2) is 2.58. The Morgan fingerprint density at radius 1 is 1.54 bits per heavy atom. The van der Waals surface area contributed by atoms with Crippen LogP contribution in [0.25, 0.3) is 11.0 Å². The summed E-state index contributed by atoms with van der Waals surface area (Å²) >= 11 is 0. The van der Waals surface area contributed by atoms with Crippen molar-refractivity contribution in [1.82, 2.24) is 9.97 Å². The van der Waals surface area contributed by atoms with Gasteiger partial charge in [0.2, 0.25) is 0 Å². The number of H-pyrrole nitrogens is 1. The van der Waals surface area contributed by atoms with E-state index in [0.717, 1.165) is 11.1 Å². The van der Waals surface area contributed by atoms with Gasteiger partial charge in [0.05, 0.1) is 0 Å². The summed E-state index contributed by atoms with van der Waals surface area (Å²) in [6, 6.07) is 5.49. The highest BCUT2D eigenvalue weighted by molar-refractivity contribution is 5.96. The van der Waals surface area contributed by atoms with Crippen LogP contribution in [0.5, 0.6) is 0 Å². The Morgan fingerprint density at radius 2 is 2.31 bits per heavy atom. The molecule has 13 heavy (non-hydrogen) atoms. The average Bonchev–Trinajstić information content (AvgIpc) is 2.46. The number of carbonyl (C=O) groups excluding carboxylic acids is 1. The smallest absolute Gasteiger partial charge is 0.265 e. The predicted molar refractivity (Wildman–Crippen MR) is 49.3 cm³/mol. The number of primary amides is 1. The fourth-order valence-corrected chi connectivity index (χ4v) is 1.24. The molecule has 0 spiro atoms. The molecule has 0 saturated carbocycles. The Hall–Kier alpha value is -1.84. The summed E-state index contributed by atoms with van der Waals surface area (Å²) in [5, 5.41) is 0.902. The molecule has 2 rings (SSSR count). The number of fused-ring (bicyclic) bond motifs is 1. The summed E-state index contributed by atoms with van der Waals surface area (Å²) in [7, 11) is 0. The van der Waals surface area contributed by atoms with Crippen molar-refractivity contribution in [3.8, 4) is 0 Å². The zero-order valence-electron chi connectivity index (χ0n) is 7.16. The Labute approximate surface area is 74.8 Å². The first-order valence-electron chi connectivity index (χ1n) is 3.93. The van der Waals surface area contributed by atoms with Crippen LogP contribution >= 0.6 is 0 Å². The maximum absolute atomic E-state index is 10.8. The lowest BCUT2D eigenvalue weighted by Gasteiger charge is -1.90. The van der Waals surface area contributed by atoms with Gasteiger partial charge in [-0.2, -0.15) is 0 Å². The van der Waals surface area contributed by atoms with E-state index in [-0.39, 0.29) is 0 Å². The number of aryl methyl sites for hydroxylation is 1. The highest BCUT2D eigenvalue weighted by atomic mass is 16.1. The Kier molecular flexibility index (Phi) is 1.55. The van der Waals surface area contributed by atoms with E-state index in [1.165, 1.54) is 0 Å². The van der Waals surface area contributed by atoms with E-state index in [0.29, 0.717) is 11.3 Å². The molecule has 0 aliphatic rings. The fourth-order valence-electron chi connectivity index (χ4n) is 1.24. The number of aromatic nitrogens is 2. The van der Waals surface area contributed by atoms with Gasteiger partial charge in [0.25, 0.3) is 5.91 Å². The monoisotopic (exact) mass is 175 g/mol. The van der Waals surface area contributed by atoms with Crippen LogP contribution in [0.1, 0.15) is 16.2 Å². The first-order chi connectivity index (χ1) is 6.16. The zero-order valence-corrected chi connectivity index (χ0v) is 7.16. The maximum atomic E-state index is 10.8. The van der Waals surface area contributed by atoms with Crippen molar-refractivity contribution in [2.45, 2.75) is 6.92 Å². The lowest BCUT2D eigenvalue weighted by Crippen LogP contribution is -2.10. The molecule has 0 aromatic carbocycles. The van der Waals surface area contributed by atoms with Crippen molar-refractivity contribution in [2.75, 3.05) is 0 Å². The van der Waals surface area contributed by atoms with Crippen molar-refractivity contribution in [1.29, 1.82) is 0 Å². The molecule has 66 valence electrons. The number of pyridine rings is 1. The number of rotatable bonds is 1. The average molecular weight is 175 g/mol. The van der Waals surface area contributed by atoms with Crippen molar-refractivity contribution >= 4 is 16.9 Å². The molecule has 2 heterocycles. The standard InChI is InChI=1S/C9H9N3O/c1-5-2-3-6-4-7(8(10)13)12-9(6)11-5/h2-4H,1H3,(H2,10,13)(H,11,12). The number of nitrogens with one attached hydrogen (secondary N) is 1. The largest absolute Gasteiger partial charge is 0.364 e. The maximum Gasteiger partial charge on any atom is 0.265 e. The Balaban J connectivity index is 2.68. The van der Waals surface area contributed by atoms with E-state index < -0.39 is 5.91 Å². The van der Waals surface area contributed by atoms with Gasteiger partial charge in [-0.15, -0.1) is 0 Å². The van der Waals surface area contributed by atoms with E-state index in [9.17, 15) is 4.79 Å². The number of amides is 1. The first-order valence-corrected chi connectivity index (χ1v) is 3.93. The van der Waals surface area contributed by atoms with Gasteiger partial charge in [0.15, 0.2) is 0 Å². The van der Waals surface area contributed by atoms with Crippen LogP contribution in [0.4, 0.5) is 0 Å². The summed E-state index contributed by atoms with van der Waals surface area (Å²) in [6.07, 6.45) is 0. The summed E-state index contributed by atoms with van der Waals surface area (Å²) in [5.74, 6) is -0.462. The van der Waals surface area contributed by atoms with Crippen LogP contribution in [-0.4, -0.2) is 15.9 Å². The fraction of sp³-hybridized carbons (Fsp3) is 0.111. The molecular weight excluding hydrogens is 166 g/mol. The van der Waals surface area contributed by atoms with Crippen LogP contribution in [-0.2, 0) is 0 Å². The van der Waals surface area contributed by atoms with Crippen LogP contribution < -0.4 is 5.73 Å². The highest BCUT2D eigenvalue weighted by Gasteiger charge is 2.05. The topological polar surface area (TPSA) is 71.8 Å². The van der Waals surface area contributed by atoms with E-state index in [4.69, 9.17) is 5.73 Å². The molecule has 0 saturated heterocycles. The molecular formula is C9H9N3O. The molecule has 1 amide bonds. The number of aromatic amines is 1. The molecule has 4 nitrogen and oxygen atoms in total. The number of nitrogens with zero attached hydrogens (tertiary/aromatic N) is 1. The minimum atomic E-state index is -0.462. The van der Waals surface area contributed by atoms with E-state index in [1.54, 1.807) is 6.07 Å². The van der Waals surface area contributed by atoms with Gasteiger partial charge >= 0.3 is 0 Å². The molecule has 0 radical (unpaired) electrons. The second-order valence-corrected chi connectivity index (χ2v) is 2.94. The second-order valence-electron chi connectivity index (χ2n) is 2.94. The molecule has 2 aromatic rings. The highest BCUT2D eigenvalue weighted by Crippen LogP contribution is 2.12. The van der Waals surface area contributed by atoms with Gasteiger partial charge < -0.3 is 10.7 Å². The van der Waals surface area contributed by atoms with Crippen molar-refractivity contribution in [3.05, 3.63) is 29.6 Å². The summed E-state index contributed by atoms with van der Waals surface area (Å²) in [5.41, 5.74) is 7.12. The minimum absolute atomic E-state index is 0.396. The predicted octanol–water partition coefficient (Wildman–Crippen LogP) is 0.970. The molecule has 0 aliphatic carbocycles. The third-order valence-corrected chi connectivity index (χ3v) is 1.88. The summed E-state index contributed by atoms with van der Waals surface area (Å²) in [6.45, 7) is 1.89. The Bertz CT molecular complexity index is 473. The van der Waals surface area contributed by atoms with Crippen LogP contribution in [0.15, 0.2) is 18.2 Å². The first kappa shape index (κ1) is 7.79. The SMILES string of the molecule is Cc1ccc2cc(C(N)=O)[nH]c2n1. The van der Waals surface area contributed by atoms with Crippen LogP contribution in [0, 0.1) is 6.92 Å². The molecule has 0 atom stereocenters. The normalized spacial score (nSPS) is 10.5. The third-order valence-electron chi connectivity index (χ3n) is 1.88. The minimum Gasteiger partial charge on any atom is -0.364 e. The third kappa shape index (κ3) is 1.26. The van der Waals surface area contributed by atoms with Crippen molar-refractivity contribution in [3.63, 3.8) is 0 Å². The molecule has 3 N–H and O–H groups in total. The van der Waals surface area contributed by atoms with E-state index in [1.807, 2.05) is 19.1 Å². The van der Waals surface area contributed by atoms with Crippen LogP contribution in [0.3, 0.4) is 0 Å². The van der Waals surface area contributed by atoms with Gasteiger partial charge in [-0.25, -0.2) is 4.98 Å². The molecule has 2 aromatic heterocycles. The van der Waals surface area contributed by atoms with Gasteiger partial charge in [0, 0.05) is 11.1 Å². The molecule has 0 unspecified atom stereocenters. The van der Waals surface area contributed by atoms with Crippen molar-refractivity contribution < 1.29 is 4.79 Å².